The van der Waals surface area contributed by atoms with E-state index in [1.165, 1.54) is 11.8 Å². The van der Waals surface area contributed by atoms with E-state index in [4.69, 9.17) is 5.11 Å². The van der Waals surface area contributed by atoms with Crippen LogP contribution in [0.15, 0.2) is 16.0 Å². The number of thioether (sulfide) groups is 1. The Labute approximate surface area is 158 Å². The maximum atomic E-state index is 10.8. The second kappa shape index (κ2) is 10.7. The van der Waals surface area contributed by atoms with Gasteiger partial charge in [-0.2, -0.15) is 4.98 Å². The smallest absolute Gasteiger partial charge is 0.255 e. The molecular weight excluding hydrogens is 339 g/mol. The van der Waals surface area contributed by atoms with E-state index in [-0.39, 0.29) is 64.3 Å². The Hall–Kier alpha value is -0.940. The summed E-state index contributed by atoms with van der Waals surface area (Å²) in [7, 11) is 0. The average Bonchev–Trinajstić information content (AvgIpc) is 2.34. The number of nitrogens with one attached hydrogen (secondary N) is 3. The van der Waals surface area contributed by atoms with Crippen LogP contribution in [0, 0.1) is 0 Å². The van der Waals surface area contributed by atoms with Crippen molar-refractivity contribution < 1.29 is 14.7 Å². The summed E-state index contributed by atoms with van der Waals surface area (Å²) in [6, 6.07) is 1.05. The maximum Gasteiger partial charge on any atom is 0.255 e. The summed E-state index contributed by atoms with van der Waals surface area (Å²) < 4.78 is 0. The zero-order valence-corrected chi connectivity index (χ0v) is 15.8. The van der Waals surface area contributed by atoms with Crippen molar-refractivity contribution in [2.24, 2.45) is 0 Å². The summed E-state index contributed by atoms with van der Waals surface area (Å²) in [5, 5.41) is 14.1. The SMILES string of the molecule is CCCSc1nc(O)cc(=O)[nH]1.O=C1CC(=O)NC(=S)N1.[Na]. The molecule has 2 amide bonds. The number of H-pyrrole nitrogens is 1. The molecule has 8 nitrogen and oxygen atoms in total. The van der Waals surface area contributed by atoms with Crippen LogP contribution in [0.5, 0.6) is 5.88 Å². The summed E-state index contributed by atoms with van der Waals surface area (Å²) in [6.45, 7) is 2.04. The number of carbonyl (C=O) groups excluding carboxylic acids is 2. The monoisotopic (exact) mass is 353 g/mol. The molecule has 0 spiro atoms. The van der Waals surface area contributed by atoms with Crippen LogP contribution in [-0.4, -0.2) is 67.3 Å². The van der Waals surface area contributed by atoms with E-state index < -0.39 is 0 Å². The topological polar surface area (TPSA) is 124 Å². The standard InChI is InChI=1S/C7H10N2O2S.C4H4N2O2S.Na/c1-2-3-12-7-8-5(10)4-6(11)9-7;7-2-1-3(8)6-4(9)5-2;/h4H,2-3H2,1H3,(H2,8,9,10,11);1H2,(H2,5,6,7,8,9);. The molecule has 2 heterocycles. The van der Waals surface area contributed by atoms with Gasteiger partial charge in [-0.1, -0.05) is 18.7 Å². The fraction of sp³-hybridized carbons (Fsp3) is 0.364. The Morgan fingerprint density at radius 1 is 1.32 bits per heavy atom. The first-order valence-corrected chi connectivity index (χ1v) is 7.37. The number of amides is 2. The van der Waals surface area contributed by atoms with Gasteiger partial charge in [0, 0.05) is 35.3 Å². The number of aromatic nitrogens is 2. The first-order chi connectivity index (χ1) is 9.90. The van der Waals surface area contributed by atoms with Gasteiger partial charge in [-0.3, -0.25) is 14.4 Å². The summed E-state index contributed by atoms with van der Waals surface area (Å²) in [5.74, 6) is -0.0308. The van der Waals surface area contributed by atoms with Gasteiger partial charge in [0.15, 0.2) is 10.3 Å². The third kappa shape index (κ3) is 8.49. The van der Waals surface area contributed by atoms with Crippen LogP contribution in [0.25, 0.3) is 0 Å². The summed E-state index contributed by atoms with van der Waals surface area (Å²) >= 11 is 5.92. The quantitative estimate of drug-likeness (QED) is 0.190. The Morgan fingerprint density at radius 2 is 1.91 bits per heavy atom. The first-order valence-electron chi connectivity index (χ1n) is 5.97. The van der Waals surface area contributed by atoms with Gasteiger partial charge in [0.1, 0.15) is 6.42 Å². The van der Waals surface area contributed by atoms with Gasteiger partial charge in [0.2, 0.25) is 17.7 Å². The second-order valence-corrected chi connectivity index (χ2v) is 5.35. The molecule has 115 valence electrons. The van der Waals surface area contributed by atoms with Crippen LogP contribution < -0.4 is 16.2 Å². The summed E-state index contributed by atoms with van der Waals surface area (Å²) in [4.78, 5) is 37.9. The Kier molecular flexibility index (Phi) is 10.3. The first kappa shape index (κ1) is 21.1. The van der Waals surface area contributed by atoms with Crippen LogP contribution in [0.3, 0.4) is 0 Å². The van der Waals surface area contributed by atoms with E-state index in [2.05, 4.69) is 32.8 Å². The molecule has 1 aliphatic rings. The molecule has 1 aliphatic heterocycles. The Morgan fingerprint density at radius 3 is 2.36 bits per heavy atom. The van der Waals surface area contributed by atoms with Gasteiger partial charge < -0.3 is 20.7 Å². The molecule has 11 heteroatoms. The number of thiocarbonyl (C=S) groups is 1. The van der Waals surface area contributed by atoms with Crippen LogP contribution in [0.1, 0.15) is 19.8 Å². The molecule has 1 saturated heterocycles. The number of carbonyl (C=O) groups is 2. The van der Waals surface area contributed by atoms with E-state index >= 15 is 0 Å². The van der Waals surface area contributed by atoms with E-state index in [0.29, 0.717) is 5.16 Å². The van der Waals surface area contributed by atoms with Crippen molar-refractivity contribution in [1.29, 1.82) is 0 Å². The number of aromatic amines is 1. The molecule has 1 radical (unpaired) electrons. The number of rotatable bonds is 3. The van der Waals surface area contributed by atoms with E-state index in [1.54, 1.807) is 0 Å². The summed E-state index contributed by atoms with van der Waals surface area (Å²) in [5.41, 5.74) is -0.318. The minimum absolute atomic E-state index is 0. The van der Waals surface area contributed by atoms with Crippen molar-refractivity contribution in [3.63, 3.8) is 0 Å². The summed E-state index contributed by atoms with van der Waals surface area (Å²) in [6.07, 6.45) is 0.879. The van der Waals surface area contributed by atoms with Crippen molar-refractivity contribution in [3.8, 4) is 5.88 Å². The molecular formula is C11H14N4NaO4S2. The second-order valence-electron chi connectivity index (χ2n) is 3.86. The number of aromatic hydroxyl groups is 1. The average molecular weight is 353 g/mol. The van der Waals surface area contributed by atoms with E-state index in [1.807, 2.05) is 6.92 Å². The van der Waals surface area contributed by atoms with Crippen LogP contribution >= 0.6 is 24.0 Å². The molecule has 4 N–H and O–H groups in total. The molecule has 0 aromatic carbocycles. The molecule has 0 bridgehead atoms. The van der Waals surface area contributed by atoms with Gasteiger partial charge in [0.25, 0.3) is 5.56 Å². The van der Waals surface area contributed by atoms with Crippen LogP contribution in [0.2, 0.25) is 0 Å². The molecule has 1 aromatic heterocycles. The van der Waals surface area contributed by atoms with Gasteiger partial charge >= 0.3 is 0 Å². The van der Waals surface area contributed by atoms with Crippen molar-refractivity contribution in [2.45, 2.75) is 24.9 Å². The minimum Gasteiger partial charge on any atom is -0.493 e. The Balaban J connectivity index is 0.000000397. The third-order valence-electron chi connectivity index (χ3n) is 1.98. The van der Waals surface area contributed by atoms with Crippen LogP contribution in [-0.2, 0) is 9.59 Å². The fourth-order valence-electron chi connectivity index (χ4n) is 1.21. The maximum absolute atomic E-state index is 10.8. The van der Waals surface area contributed by atoms with Gasteiger partial charge in [-0.15, -0.1) is 0 Å². The van der Waals surface area contributed by atoms with Crippen LogP contribution in [0.4, 0.5) is 0 Å². The molecule has 2 rings (SSSR count). The van der Waals surface area contributed by atoms with Crippen molar-refractivity contribution >= 4 is 70.5 Å². The molecule has 0 atom stereocenters. The molecule has 0 aliphatic carbocycles. The van der Waals surface area contributed by atoms with Crippen molar-refractivity contribution in [1.82, 2.24) is 20.6 Å². The Bertz CT molecular complexity index is 563. The molecule has 0 saturated carbocycles. The van der Waals surface area contributed by atoms with E-state index in [9.17, 15) is 14.4 Å². The minimum atomic E-state index is -0.344. The predicted molar refractivity (Wildman–Crippen MR) is 86.8 cm³/mol. The van der Waals surface area contributed by atoms with Gasteiger partial charge in [-0.05, 0) is 18.6 Å². The van der Waals surface area contributed by atoms with Gasteiger partial charge in [0.05, 0.1) is 6.07 Å². The van der Waals surface area contributed by atoms with Gasteiger partial charge in [-0.25, -0.2) is 0 Å². The van der Waals surface area contributed by atoms with Crippen molar-refractivity contribution in [2.75, 3.05) is 5.75 Å². The molecule has 22 heavy (non-hydrogen) atoms. The normalized spacial score (nSPS) is 13.2. The number of nitrogens with zero attached hydrogens (tertiary/aromatic N) is 1. The largest absolute Gasteiger partial charge is 0.493 e. The fourth-order valence-corrected chi connectivity index (χ4v) is 2.16. The van der Waals surface area contributed by atoms with Crippen molar-refractivity contribution in [3.05, 3.63) is 16.4 Å². The molecule has 0 unspecified atom stereocenters. The third-order valence-corrected chi connectivity index (χ3v) is 3.26. The van der Waals surface area contributed by atoms with E-state index in [0.717, 1.165) is 18.2 Å². The number of hydrogen-bond acceptors (Lipinski definition) is 7. The zero-order chi connectivity index (χ0) is 15.8. The predicted octanol–water partition coefficient (Wildman–Crippen LogP) is -0.496. The molecule has 1 fully saturated rings. The molecule has 1 aromatic rings. The number of hydrogen-bond donors (Lipinski definition) is 4. The zero-order valence-electron chi connectivity index (χ0n) is 12.1.